The minimum atomic E-state index is -0.142. The lowest BCUT2D eigenvalue weighted by atomic mass is 10.2. The number of nitrogens with one attached hydrogen (secondary N) is 1. The Morgan fingerprint density at radius 3 is 2.85 bits per heavy atom. The molecular formula is C9H13N3O. The summed E-state index contributed by atoms with van der Waals surface area (Å²) in [6.45, 7) is 3.44. The van der Waals surface area contributed by atoms with E-state index in [1.54, 1.807) is 12.3 Å². The summed E-state index contributed by atoms with van der Waals surface area (Å²) in [5, 5.41) is 2.57. The molecule has 0 atom stereocenters. The highest BCUT2D eigenvalue weighted by Gasteiger charge is 2.01. The van der Waals surface area contributed by atoms with Crippen LogP contribution in [0.15, 0.2) is 12.3 Å². The van der Waals surface area contributed by atoms with Gasteiger partial charge in [0.2, 0.25) is 5.91 Å². The van der Waals surface area contributed by atoms with Crippen LogP contribution in [0, 0.1) is 0 Å². The molecule has 0 aromatic carbocycles. The lowest BCUT2D eigenvalue weighted by Gasteiger charge is -2.05. The SMILES string of the molecule is CCc1cnc(NC(C)=O)cc1N. The quantitative estimate of drug-likeness (QED) is 0.716. The maximum absolute atomic E-state index is 10.7. The molecule has 0 bridgehead atoms. The molecule has 0 radical (unpaired) electrons. The van der Waals surface area contributed by atoms with Crippen molar-refractivity contribution in [2.75, 3.05) is 11.1 Å². The molecule has 1 aromatic rings. The predicted molar refractivity (Wildman–Crippen MR) is 52.3 cm³/mol. The first-order chi connectivity index (χ1) is 6.13. The van der Waals surface area contributed by atoms with Crippen molar-refractivity contribution in [3.63, 3.8) is 0 Å². The molecule has 4 nitrogen and oxygen atoms in total. The van der Waals surface area contributed by atoms with E-state index in [-0.39, 0.29) is 5.91 Å². The first-order valence-corrected chi connectivity index (χ1v) is 4.15. The summed E-state index contributed by atoms with van der Waals surface area (Å²) in [5.41, 5.74) is 7.38. The number of nitrogens with two attached hydrogens (primary N) is 1. The average Bonchev–Trinajstić information content (AvgIpc) is 2.03. The Morgan fingerprint density at radius 1 is 1.69 bits per heavy atom. The molecule has 0 saturated heterocycles. The largest absolute Gasteiger partial charge is 0.398 e. The lowest BCUT2D eigenvalue weighted by Crippen LogP contribution is -2.08. The van der Waals surface area contributed by atoms with E-state index in [2.05, 4.69) is 10.3 Å². The zero-order valence-corrected chi connectivity index (χ0v) is 7.79. The van der Waals surface area contributed by atoms with Gasteiger partial charge in [0.05, 0.1) is 0 Å². The molecule has 1 amide bonds. The summed E-state index contributed by atoms with van der Waals surface area (Å²) in [4.78, 5) is 14.7. The van der Waals surface area contributed by atoms with Crippen molar-refractivity contribution in [2.24, 2.45) is 0 Å². The summed E-state index contributed by atoms with van der Waals surface area (Å²) in [5.74, 6) is 0.360. The van der Waals surface area contributed by atoms with Crippen LogP contribution >= 0.6 is 0 Å². The molecule has 1 heterocycles. The number of nitrogens with zero attached hydrogens (tertiary/aromatic N) is 1. The fourth-order valence-electron chi connectivity index (χ4n) is 1.04. The highest BCUT2D eigenvalue weighted by Crippen LogP contribution is 2.14. The number of amides is 1. The third-order valence-corrected chi connectivity index (χ3v) is 1.71. The topological polar surface area (TPSA) is 68.0 Å². The molecule has 0 aliphatic rings. The molecular weight excluding hydrogens is 166 g/mol. The second-order valence-electron chi connectivity index (χ2n) is 2.80. The Labute approximate surface area is 77.2 Å². The van der Waals surface area contributed by atoms with E-state index in [0.29, 0.717) is 11.5 Å². The monoisotopic (exact) mass is 179 g/mol. The van der Waals surface area contributed by atoms with Gasteiger partial charge in [-0.05, 0) is 12.0 Å². The second kappa shape index (κ2) is 3.89. The van der Waals surface area contributed by atoms with Gasteiger partial charge in [-0.15, -0.1) is 0 Å². The van der Waals surface area contributed by atoms with Gasteiger partial charge < -0.3 is 11.1 Å². The van der Waals surface area contributed by atoms with Gasteiger partial charge in [-0.3, -0.25) is 4.79 Å². The van der Waals surface area contributed by atoms with E-state index in [4.69, 9.17) is 5.73 Å². The van der Waals surface area contributed by atoms with Crippen LogP contribution in [-0.2, 0) is 11.2 Å². The number of pyridine rings is 1. The molecule has 0 aliphatic heterocycles. The molecule has 0 fully saturated rings. The molecule has 1 aromatic heterocycles. The van der Waals surface area contributed by atoms with Crippen LogP contribution < -0.4 is 11.1 Å². The summed E-state index contributed by atoms with van der Waals surface area (Å²) < 4.78 is 0. The number of aromatic nitrogens is 1. The number of hydrogen-bond acceptors (Lipinski definition) is 3. The Hall–Kier alpha value is -1.58. The van der Waals surface area contributed by atoms with Crippen LogP contribution in [0.2, 0.25) is 0 Å². The maximum Gasteiger partial charge on any atom is 0.222 e. The third-order valence-electron chi connectivity index (χ3n) is 1.71. The van der Waals surface area contributed by atoms with E-state index >= 15 is 0 Å². The molecule has 0 unspecified atom stereocenters. The normalized spacial score (nSPS) is 9.69. The summed E-state index contributed by atoms with van der Waals surface area (Å²) in [7, 11) is 0. The van der Waals surface area contributed by atoms with Crippen LogP contribution in [0.5, 0.6) is 0 Å². The van der Waals surface area contributed by atoms with E-state index in [1.165, 1.54) is 6.92 Å². The molecule has 1 rings (SSSR count). The standard InChI is InChI=1S/C9H13N3O/c1-3-7-5-11-9(4-8(7)10)12-6(2)13/h4-5H,3H2,1-2H3,(H3,10,11,12,13). The minimum Gasteiger partial charge on any atom is -0.398 e. The lowest BCUT2D eigenvalue weighted by molar-refractivity contribution is -0.114. The summed E-state index contributed by atoms with van der Waals surface area (Å²) >= 11 is 0. The zero-order valence-electron chi connectivity index (χ0n) is 7.79. The minimum absolute atomic E-state index is 0.142. The van der Waals surface area contributed by atoms with Crippen LogP contribution in [0.3, 0.4) is 0 Å². The first-order valence-electron chi connectivity index (χ1n) is 4.15. The van der Waals surface area contributed by atoms with E-state index < -0.39 is 0 Å². The second-order valence-corrected chi connectivity index (χ2v) is 2.80. The number of carbonyl (C=O) groups is 1. The van der Waals surface area contributed by atoms with E-state index in [9.17, 15) is 4.79 Å². The smallest absolute Gasteiger partial charge is 0.222 e. The maximum atomic E-state index is 10.7. The van der Waals surface area contributed by atoms with Crippen molar-refractivity contribution < 1.29 is 4.79 Å². The van der Waals surface area contributed by atoms with Crippen molar-refractivity contribution in [3.8, 4) is 0 Å². The summed E-state index contributed by atoms with van der Waals surface area (Å²) in [6, 6.07) is 1.67. The Bertz CT molecular complexity index is 323. The highest BCUT2D eigenvalue weighted by molar-refractivity contribution is 5.88. The first kappa shape index (κ1) is 9.51. The number of aryl methyl sites for hydroxylation is 1. The van der Waals surface area contributed by atoms with E-state index in [0.717, 1.165) is 12.0 Å². The van der Waals surface area contributed by atoms with Crippen LogP contribution in [0.4, 0.5) is 11.5 Å². The van der Waals surface area contributed by atoms with Crippen molar-refractivity contribution >= 4 is 17.4 Å². The molecule has 4 heteroatoms. The van der Waals surface area contributed by atoms with Gasteiger partial charge in [-0.25, -0.2) is 4.98 Å². The van der Waals surface area contributed by atoms with Crippen molar-refractivity contribution in [2.45, 2.75) is 20.3 Å². The van der Waals surface area contributed by atoms with Crippen molar-refractivity contribution in [1.82, 2.24) is 4.98 Å². The van der Waals surface area contributed by atoms with Gasteiger partial charge in [0, 0.05) is 24.9 Å². The fraction of sp³-hybridized carbons (Fsp3) is 0.333. The Kier molecular flexibility index (Phi) is 2.84. The zero-order chi connectivity index (χ0) is 9.84. The number of carbonyl (C=O) groups excluding carboxylic acids is 1. The molecule has 0 spiro atoms. The number of rotatable bonds is 2. The molecule has 3 N–H and O–H groups in total. The average molecular weight is 179 g/mol. The number of anilines is 2. The Balaban J connectivity index is 2.89. The number of hydrogen-bond donors (Lipinski definition) is 2. The summed E-state index contributed by atoms with van der Waals surface area (Å²) in [6.07, 6.45) is 2.53. The van der Waals surface area contributed by atoms with Gasteiger partial charge in [0.25, 0.3) is 0 Å². The van der Waals surface area contributed by atoms with Gasteiger partial charge >= 0.3 is 0 Å². The predicted octanol–water partition coefficient (Wildman–Crippen LogP) is 1.18. The molecule has 0 aliphatic carbocycles. The van der Waals surface area contributed by atoms with Crippen LogP contribution in [-0.4, -0.2) is 10.9 Å². The third kappa shape index (κ3) is 2.43. The van der Waals surface area contributed by atoms with Crippen LogP contribution in [0.1, 0.15) is 19.4 Å². The molecule has 70 valence electrons. The molecule has 0 saturated carbocycles. The van der Waals surface area contributed by atoms with E-state index in [1.807, 2.05) is 6.92 Å². The van der Waals surface area contributed by atoms with Crippen molar-refractivity contribution in [1.29, 1.82) is 0 Å². The van der Waals surface area contributed by atoms with Gasteiger partial charge in [0.1, 0.15) is 5.82 Å². The Morgan fingerprint density at radius 2 is 2.38 bits per heavy atom. The van der Waals surface area contributed by atoms with Gasteiger partial charge in [0.15, 0.2) is 0 Å². The highest BCUT2D eigenvalue weighted by atomic mass is 16.1. The number of nitrogen functional groups attached to an aromatic ring is 1. The van der Waals surface area contributed by atoms with Crippen LogP contribution in [0.25, 0.3) is 0 Å². The van der Waals surface area contributed by atoms with Crippen molar-refractivity contribution in [3.05, 3.63) is 17.8 Å². The van der Waals surface area contributed by atoms with Gasteiger partial charge in [-0.1, -0.05) is 6.92 Å². The van der Waals surface area contributed by atoms with Gasteiger partial charge in [-0.2, -0.15) is 0 Å². The molecule has 13 heavy (non-hydrogen) atoms. The fourth-order valence-corrected chi connectivity index (χ4v) is 1.04.